The number of aliphatic hydroxyl groups excluding tert-OH is 4. The Morgan fingerprint density at radius 1 is 0.639 bits per heavy atom. The molecule has 4 N–H and O–H groups in total. The van der Waals surface area contributed by atoms with Crippen LogP contribution >= 0.6 is 37.9 Å². The van der Waals surface area contributed by atoms with E-state index in [2.05, 4.69) is 0 Å². The summed E-state index contributed by atoms with van der Waals surface area (Å²) in [4.78, 5) is 26.6. The molecule has 0 fully saturated rings. The Morgan fingerprint density at radius 3 is 1.03 bits per heavy atom. The summed E-state index contributed by atoms with van der Waals surface area (Å²) in [6.45, 7) is 11.9. The van der Waals surface area contributed by atoms with Gasteiger partial charge in [-0.05, 0) is 41.5 Å². The van der Waals surface area contributed by atoms with Gasteiger partial charge >= 0.3 is 0 Å². The summed E-state index contributed by atoms with van der Waals surface area (Å²) < 4.78 is 33.1. The van der Waals surface area contributed by atoms with Crippen molar-refractivity contribution >= 4 is 49.8 Å². The van der Waals surface area contributed by atoms with Gasteiger partial charge in [0.25, 0.3) is 26.6 Å². The number of rotatable bonds is 14. The molecule has 0 aromatic rings. The number of carbonyl (C=O) groups excluding carboxylic acids is 2. The number of hydrogen-bond donors (Lipinski definition) is 4. The maximum absolute atomic E-state index is 11.9. The molecule has 0 aliphatic rings. The highest BCUT2D eigenvalue weighted by Crippen LogP contribution is 2.48. The molecule has 0 aliphatic carbocycles. The summed E-state index contributed by atoms with van der Waals surface area (Å²) >= 11 is 11.7. The second kappa shape index (κ2) is 18.2. The zero-order valence-electron chi connectivity index (χ0n) is 21.4. The van der Waals surface area contributed by atoms with E-state index >= 15 is 0 Å². The normalized spacial score (nSPS) is 13.0. The lowest BCUT2D eigenvalue weighted by Crippen LogP contribution is -2.31. The summed E-state index contributed by atoms with van der Waals surface area (Å²) in [6, 6.07) is 0. The maximum atomic E-state index is 11.9. The SMILES string of the molecule is CCN(CC)C(=O)/C(Cl)=C(/C)OP(=O)(CO)CO.CCN(CC)C(=O)/C(Cl)=C(\C)OP(=O)(CO)CO. The largest absolute Gasteiger partial charge is 0.443 e. The molecule has 0 aromatic carbocycles. The summed E-state index contributed by atoms with van der Waals surface area (Å²) in [5, 5.41) is 35.0. The van der Waals surface area contributed by atoms with Gasteiger partial charge in [-0.15, -0.1) is 0 Å². The average molecular weight is 599 g/mol. The first-order chi connectivity index (χ1) is 16.7. The molecule has 0 saturated carbocycles. The van der Waals surface area contributed by atoms with E-state index in [9.17, 15) is 18.7 Å². The number of hydrogen-bond acceptors (Lipinski definition) is 10. The van der Waals surface area contributed by atoms with E-state index in [1.54, 1.807) is 27.7 Å². The Hall–Kier alpha value is -1.10. The summed E-state index contributed by atoms with van der Waals surface area (Å²) in [6.07, 6.45) is -3.26. The second-order valence-corrected chi connectivity index (χ2v) is 12.6. The number of amides is 2. The van der Waals surface area contributed by atoms with Gasteiger partial charge in [-0.1, -0.05) is 23.2 Å². The van der Waals surface area contributed by atoms with Gasteiger partial charge < -0.3 is 39.3 Å². The molecule has 212 valence electrons. The van der Waals surface area contributed by atoms with Crippen molar-refractivity contribution in [1.29, 1.82) is 0 Å². The van der Waals surface area contributed by atoms with Crippen molar-refractivity contribution in [3.8, 4) is 0 Å². The van der Waals surface area contributed by atoms with Crippen LogP contribution in [0.15, 0.2) is 21.6 Å². The zero-order chi connectivity index (χ0) is 28.7. The molecule has 0 saturated heterocycles. The molecule has 0 atom stereocenters. The number of likely N-dealkylation sites (N-methyl/N-ethyl adjacent to an activating group) is 2. The summed E-state index contributed by atoms with van der Waals surface area (Å²) in [5.74, 6) is -1.02. The fraction of sp³-hybridized carbons (Fsp3) is 0.700. The second-order valence-electron chi connectivity index (χ2n) is 7.07. The molecule has 0 spiro atoms. The third kappa shape index (κ3) is 12.0. The van der Waals surface area contributed by atoms with Gasteiger partial charge in [-0.2, -0.15) is 0 Å². The van der Waals surface area contributed by atoms with Crippen LogP contribution in [0.4, 0.5) is 0 Å². The molecule has 16 heteroatoms. The maximum Gasteiger partial charge on any atom is 0.296 e. The average Bonchev–Trinajstić information content (AvgIpc) is 2.88. The van der Waals surface area contributed by atoms with Crippen molar-refractivity contribution in [3.05, 3.63) is 21.6 Å². The van der Waals surface area contributed by atoms with Gasteiger partial charge in [0, 0.05) is 26.2 Å². The number of halogens is 2. The first-order valence-corrected chi connectivity index (χ1v) is 15.7. The summed E-state index contributed by atoms with van der Waals surface area (Å²) in [7, 11) is -7.16. The third-order valence-electron chi connectivity index (χ3n) is 4.56. The molecule has 0 radical (unpaired) electrons. The van der Waals surface area contributed by atoms with Crippen molar-refractivity contribution in [1.82, 2.24) is 9.80 Å². The van der Waals surface area contributed by atoms with E-state index in [0.29, 0.717) is 26.2 Å². The smallest absolute Gasteiger partial charge is 0.296 e. The minimum absolute atomic E-state index is 0.0694. The molecule has 0 unspecified atom stereocenters. The van der Waals surface area contributed by atoms with Crippen LogP contribution in [0.3, 0.4) is 0 Å². The predicted molar refractivity (Wildman–Crippen MR) is 139 cm³/mol. The van der Waals surface area contributed by atoms with Crippen molar-refractivity contribution in [2.45, 2.75) is 41.5 Å². The number of carbonyl (C=O) groups is 2. The van der Waals surface area contributed by atoms with Gasteiger partial charge in [0.05, 0.1) is 0 Å². The molecule has 12 nitrogen and oxygen atoms in total. The van der Waals surface area contributed by atoms with Crippen LogP contribution in [-0.4, -0.2) is 93.6 Å². The lowest BCUT2D eigenvalue weighted by Gasteiger charge is -2.20. The Morgan fingerprint density at radius 2 is 0.861 bits per heavy atom. The topological polar surface area (TPSA) is 174 Å². The monoisotopic (exact) mass is 598 g/mol. The molecule has 0 aliphatic heterocycles. The zero-order valence-corrected chi connectivity index (χ0v) is 24.7. The number of allylic oxidation sites excluding steroid dienone is 2. The van der Waals surface area contributed by atoms with Gasteiger partial charge in [-0.25, -0.2) is 0 Å². The fourth-order valence-electron chi connectivity index (χ4n) is 2.38. The Kier molecular flexibility index (Phi) is 18.7. The molecular weight excluding hydrogens is 561 g/mol. The van der Waals surface area contributed by atoms with Crippen LogP contribution in [0, 0.1) is 0 Å². The minimum Gasteiger partial charge on any atom is -0.443 e. The van der Waals surface area contributed by atoms with Crippen molar-refractivity contribution in [2.24, 2.45) is 0 Å². The highest BCUT2D eigenvalue weighted by Gasteiger charge is 2.27. The van der Waals surface area contributed by atoms with Gasteiger partial charge in [0.1, 0.15) is 47.0 Å². The van der Waals surface area contributed by atoms with Gasteiger partial charge in [0.2, 0.25) is 0 Å². The van der Waals surface area contributed by atoms with E-state index in [0.717, 1.165) is 0 Å². The van der Waals surface area contributed by atoms with Gasteiger partial charge in [-0.3, -0.25) is 18.7 Å². The van der Waals surface area contributed by atoms with E-state index < -0.39 is 51.9 Å². The highest BCUT2D eigenvalue weighted by atomic mass is 35.5. The van der Waals surface area contributed by atoms with Crippen LogP contribution in [0.1, 0.15) is 41.5 Å². The molecular formula is C20H38Cl2N2O10P2. The lowest BCUT2D eigenvalue weighted by atomic mass is 10.4. The molecule has 0 aromatic heterocycles. The van der Waals surface area contributed by atoms with Crippen LogP contribution in [0.5, 0.6) is 0 Å². The Bertz CT molecular complexity index is 789. The number of aliphatic hydroxyl groups is 4. The fourth-order valence-corrected chi connectivity index (χ4v) is 4.40. The first kappa shape index (κ1) is 37.1. The Labute approximate surface area is 222 Å². The summed E-state index contributed by atoms with van der Waals surface area (Å²) in [5.41, 5.74) is 0. The molecule has 0 heterocycles. The van der Waals surface area contributed by atoms with Crippen LogP contribution in [-0.2, 0) is 27.8 Å². The van der Waals surface area contributed by atoms with Crippen molar-refractivity contribution in [3.63, 3.8) is 0 Å². The molecule has 0 bridgehead atoms. The van der Waals surface area contributed by atoms with E-state index in [4.69, 9.17) is 52.7 Å². The predicted octanol–water partition coefficient (Wildman–Crippen LogP) is 3.04. The van der Waals surface area contributed by atoms with Gasteiger partial charge in [0.15, 0.2) is 0 Å². The standard InChI is InChI=1S/2C10H19ClNO5P/c2*1-4-12(5-2)10(15)9(11)8(3)17-18(16,6-13)7-14/h2*13-14H,4-7H2,1-3H3/b9-8+;9-8-. The van der Waals surface area contributed by atoms with Crippen LogP contribution in [0.2, 0.25) is 0 Å². The van der Waals surface area contributed by atoms with Crippen molar-refractivity contribution in [2.75, 3.05) is 51.6 Å². The van der Waals surface area contributed by atoms with Crippen LogP contribution < -0.4 is 0 Å². The highest BCUT2D eigenvalue weighted by molar-refractivity contribution is 7.58. The number of nitrogens with zero attached hydrogens (tertiary/aromatic N) is 2. The van der Waals surface area contributed by atoms with Crippen LogP contribution in [0.25, 0.3) is 0 Å². The molecule has 2 amide bonds. The quantitative estimate of drug-likeness (QED) is 0.132. The van der Waals surface area contributed by atoms with E-state index in [1.807, 2.05) is 0 Å². The van der Waals surface area contributed by atoms with E-state index in [1.165, 1.54) is 23.6 Å². The molecule has 0 rings (SSSR count). The van der Waals surface area contributed by atoms with E-state index in [-0.39, 0.29) is 21.6 Å². The van der Waals surface area contributed by atoms with Crippen molar-refractivity contribution < 1.29 is 48.2 Å². The lowest BCUT2D eigenvalue weighted by molar-refractivity contribution is -0.127. The minimum atomic E-state index is -3.58. The molecule has 36 heavy (non-hydrogen) atoms. The Balaban J connectivity index is 0. The first-order valence-electron chi connectivity index (χ1n) is 11.0. The third-order valence-corrected chi connectivity index (χ3v) is 8.36.